The van der Waals surface area contributed by atoms with Gasteiger partial charge >= 0.3 is 0 Å². The molecule has 5 rings (SSSR count). The average molecular weight is 421 g/mol. The van der Waals surface area contributed by atoms with Gasteiger partial charge in [-0.2, -0.15) is 0 Å². The smallest absolute Gasteiger partial charge is 0.259 e. The molecule has 160 valence electrons. The summed E-state index contributed by atoms with van der Waals surface area (Å²) in [7, 11) is 0. The van der Waals surface area contributed by atoms with Crippen LogP contribution in [0.15, 0.2) is 34.9 Å². The molecule has 0 spiro atoms. The Hall–Kier alpha value is -3.06. The molecule has 6 nitrogen and oxygen atoms in total. The number of amides is 2. The van der Waals surface area contributed by atoms with Crippen LogP contribution in [-0.4, -0.2) is 35.0 Å². The minimum atomic E-state index is -0.397. The summed E-state index contributed by atoms with van der Waals surface area (Å²) in [5.74, 6) is -1.13. The molecule has 0 bridgehead atoms. The van der Waals surface area contributed by atoms with Crippen molar-refractivity contribution in [1.82, 2.24) is 15.4 Å². The molecule has 3 aromatic rings. The van der Waals surface area contributed by atoms with Crippen molar-refractivity contribution < 1.29 is 18.5 Å². The van der Waals surface area contributed by atoms with E-state index in [4.69, 9.17) is 4.52 Å². The number of likely N-dealkylation sites (tertiary alicyclic amines) is 1. The largest absolute Gasteiger partial charge is 0.356 e. The minimum absolute atomic E-state index is 0.0147. The molecular weight excluding hydrogens is 397 g/mol. The van der Waals surface area contributed by atoms with E-state index in [9.17, 15) is 14.0 Å². The molecule has 1 unspecified atom stereocenters. The van der Waals surface area contributed by atoms with Crippen molar-refractivity contribution in [2.45, 2.75) is 45.1 Å². The number of hydrogen-bond donors (Lipinski definition) is 1. The highest BCUT2D eigenvalue weighted by molar-refractivity contribution is 6.23. The van der Waals surface area contributed by atoms with Gasteiger partial charge in [-0.1, -0.05) is 31.0 Å². The van der Waals surface area contributed by atoms with E-state index in [0.717, 1.165) is 49.9 Å². The Kier molecular flexibility index (Phi) is 5.06. The Morgan fingerprint density at radius 1 is 1.10 bits per heavy atom. The van der Waals surface area contributed by atoms with E-state index >= 15 is 0 Å². The Morgan fingerprint density at radius 3 is 2.65 bits per heavy atom. The molecule has 1 saturated heterocycles. The van der Waals surface area contributed by atoms with Crippen LogP contribution in [0.5, 0.6) is 0 Å². The summed E-state index contributed by atoms with van der Waals surface area (Å²) in [5.41, 5.74) is 3.35. The molecule has 0 saturated carbocycles. The van der Waals surface area contributed by atoms with Crippen molar-refractivity contribution in [1.29, 1.82) is 0 Å². The SMILES string of the molecule is CCCC(c1c(-c2noc3cc(F)ccc23)ccc2c1C(=O)NC2=O)N1CCCCC1. The molecule has 1 aromatic heterocycles. The monoisotopic (exact) mass is 421 g/mol. The van der Waals surface area contributed by atoms with Crippen LogP contribution >= 0.6 is 0 Å². The molecule has 1 fully saturated rings. The van der Waals surface area contributed by atoms with Crippen molar-refractivity contribution in [3.63, 3.8) is 0 Å². The van der Waals surface area contributed by atoms with E-state index in [1.165, 1.54) is 18.6 Å². The minimum Gasteiger partial charge on any atom is -0.356 e. The molecule has 2 aliphatic rings. The predicted octanol–water partition coefficient (Wildman–Crippen LogP) is 4.84. The number of carbonyl (C=O) groups is 2. The number of nitrogens with zero attached hydrogens (tertiary/aromatic N) is 2. The fourth-order valence-electron chi connectivity index (χ4n) is 4.96. The van der Waals surface area contributed by atoms with Gasteiger partial charge in [0.25, 0.3) is 11.8 Å². The van der Waals surface area contributed by atoms with Gasteiger partial charge in [0.05, 0.1) is 11.1 Å². The topological polar surface area (TPSA) is 75.4 Å². The van der Waals surface area contributed by atoms with E-state index in [1.807, 2.05) is 6.07 Å². The van der Waals surface area contributed by atoms with Gasteiger partial charge in [0.2, 0.25) is 0 Å². The number of hydrogen-bond acceptors (Lipinski definition) is 5. The number of rotatable bonds is 5. The summed E-state index contributed by atoms with van der Waals surface area (Å²) in [5, 5.41) is 7.38. The Morgan fingerprint density at radius 2 is 1.87 bits per heavy atom. The fourth-order valence-corrected chi connectivity index (χ4v) is 4.96. The van der Waals surface area contributed by atoms with Crippen LogP contribution in [0.25, 0.3) is 22.2 Å². The average Bonchev–Trinajstić information content (AvgIpc) is 3.32. The molecule has 2 amide bonds. The second-order valence-corrected chi connectivity index (χ2v) is 8.31. The number of nitrogens with one attached hydrogen (secondary N) is 1. The second kappa shape index (κ2) is 7.89. The van der Waals surface area contributed by atoms with Gasteiger partial charge in [-0.05, 0) is 56.1 Å². The molecule has 1 atom stereocenters. The molecule has 0 radical (unpaired) electrons. The lowest BCUT2D eigenvalue weighted by Crippen LogP contribution is -2.35. The maximum atomic E-state index is 13.7. The molecule has 0 aliphatic carbocycles. The van der Waals surface area contributed by atoms with Crippen LogP contribution in [-0.2, 0) is 0 Å². The first-order chi connectivity index (χ1) is 15.1. The number of benzene rings is 2. The van der Waals surface area contributed by atoms with Gasteiger partial charge < -0.3 is 4.52 Å². The number of halogens is 1. The van der Waals surface area contributed by atoms with E-state index in [1.54, 1.807) is 12.1 Å². The molecule has 1 N–H and O–H groups in total. The van der Waals surface area contributed by atoms with E-state index in [2.05, 4.69) is 22.3 Å². The number of fused-ring (bicyclic) bond motifs is 2. The maximum absolute atomic E-state index is 13.7. The summed E-state index contributed by atoms with van der Waals surface area (Å²) in [6, 6.07) is 7.84. The van der Waals surface area contributed by atoms with Crippen molar-refractivity contribution in [2.75, 3.05) is 13.1 Å². The van der Waals surface area contributed by atoms with Gasteiger partial charge in [-0.15, -0.1) is 0 Å². The van der Waals surface area contributed by atoms with Gasteiger partial charge in [0, 0.05) is 23.1 Å². The van der Waals surface area contributed by atoms with Crippen molar-refractivity contribution >= 4 is 22.8 Å². The van der Waals surface area contributed by atoms with Crippen molar-refractivity contribution in [2.24, 2.45) is 0 Å². The van der Waals surface area contributed by atoms with Crippen LogP contribution in [0, 0.1) is 5.82 Å². The maximum Gasteiger partial charge on any atom is 0.259 e. The molecule has 31 heavy (non-hydrogen) atoms. The Balaban J connectivity index is 1.76. The van der Waals surface area contributed by atoms with Crippen LogP contribution in [0.4, 0.5) is 4.39 Å². The van der Waals surface area contributed by atoms with Gasteiger partial charge in [0.1, 0.15) is 11.5 Å². The van der Waals surface area contributed by atoms with Crippen LogP contribution < -0.4 is 5.32 Å². The van der Waals surface area contributed by atoms with E-state index in [0.29, 0.717) is 27.8 Å². The highest BCUT2D eigenvalue weighted by Crippen LogP contribution is 2.42. The lowest BCUT2D eigenvalue weighted by Gasteiger charge is -2.36. The van der Waals surface area contributed by atoms with E-state index in [-0.39, 0.29) is 17.9 Å². The third-order valence-electron chi connectivity index (χ3n) is 6.36. The van der Waals surface area contributed by atoms with Gasteiger partial charge in [0.15, 0.2) is 5.58 Å². The summed E-state index contributed by atoms with van der Waals surface area (Å²) in [4.78, 5) is 27.7. The number of imide groups is 1. The fraction of sp³-hybridized carbons (Fsp3) is 0.375. The summed E-state index contributed by atoms with van der Waals surface area (Å²) >= 11 is 0. The van der Waals surface area contributed by atoms with Gasteiger partial charge in [-0.3, -0.25) is 19.8 Å². The molecule has 2 aliphatic heterocycles. The van der Waals surface area contributed by atoms with Gasteiger partial charge in [-0.25, -0.2) is 4.39 Å². The zero-order chi connectivity index (χ0) is 21.5. The van der Waals surface area contributed by atoms with E-state index < -0.39 is 5.82 Å². The van der Waals surface area contributed by atoms with Crippen LogP contribution in [0.3, 0.4) is 0 Å². The standard InChI is InChI=1S/C24H24FN3O3/c1-2-6-18(28-11-4-3-5-12-28)20-16(9-10-17-21(20)24(30)26-23(17)29)22-15-8-7-14(25)13-19(15)31-27-22/h7-10,13,18H,2-6,11-12H2,1H3,(H,26,29,30). The molecule has 3 heterocycles. The molecular formula is C24H24FN3O3. The lowest BCUT2D eigenvalue weighted by molar-refractivity contribution is 0.0877. The zero-order valence-electron chi connectivity index (χ0n) is 17.4. The number of carbonyl (C=O) groups excluding carboxylic acids is 2. The van der Waals surface area contributed by atoms with Crippen LogP contribution in [0.1, 0.15) is 71.3 Å². The quantitative estimate of drug-likeness (QED) is 0.597. The third-order valence-corrected chi connectivity index (χ3v) is 6.36. The zero-order valence-corrected chi connectivity index (χ0v) is 17.4. The number of piperidine rings is 1. The molecule has 2 aromatic carbocycles. The second-order valence-electron chi connectivity index (χ2n) is 8.31. The first-order valence-corrected chi connectivity index (χ1v) is 10.9. The third kappa shape index (κ3) is 3.33. The first-order valence-electron chi connectivity index (χ1n) is 10.9. The van der Waals surface area contributed by atoms with Crippen molar-refractivity contribution in [3.8, 4) is 11.3 Å². The normalized spacial score (nSPS) is 17.7. The summed E-state index contributed by atoms with van der Waals surface area (Å²) in [6.07, 6.45) is 5.22. The highest BCUT2D eigenvalue weighted by Gasteiger charge is 2.36. The van der Waals surface area contributed by atoms with Crippen LogP contribution in [0.2, 0.25) is 0 Å². The Bertz CT molecular complexity index is 1180. The number of aromatic nitrogens is 1. The molecule has 7 heteroatoms. The first kappa shape index (κ1) is 19.9. The van der Waals surface area contributed by atoms with Crippen molar-refractivity contribution in [3.05, 3.63) is 52.8 Å². The summed E-state index contributed by atoms with van der Waals surface area (Å²) < 4.78 is 19.1. The lowest BCUT2D eigenvalue weighted by atomic mass is 9.86. The summed E-state index contributed by atoms with van der Waals surface area (Å²) in [6.45, 7) is 4.03. The predicted molar refractivity (Wildman–Crippen MR) is 114 cm³/mol. The highest BCUT2D eigenvalue weighted by atomic mass is 19.1. The Labute approximate surface area is 179 Å².